The SMILES string of the molecule is CCCCC(CC)COc1ccc(-c2nc(C3=C(C)CC(CC(CC)CCCC)c4ccc(OC)cc43)nc(-c3ccc(OCC(CC)CCCC)c(C)c3O)n2)c(O)c1C. The molecule has 1 heterocycles. The molecule has 332 valence electrons. The first kappa shape index (κ1) is 47.5. The standard InChI is InChI=1S/C53H75N3O5/c1-11-17-20-37(14-4)30-40-29-34(7)48(45-31-41(59-10)23-24-42(40)45)53-55-51(43-25-27-46(35(8)49(43)57)60-32-38(15-5)21-18-12-2)54-52(56-53)44-26-28-47(36(9)50(44)58)61-33-39(16-6)22-19-13-3/h23-28,31,37-40,57-58H,11-22,29-30,32-33H2,1-10H3. The molecule has 61 heavy (non-hydrogen) atoms. The minimum Gasteiger partial charge on any atom is -0.507 e. The van der Waals surface area contributed by atoms with Gasteiger partial charge >= 0.3 is 0 Å². The minimum absolute atomic E-state index is 0.0640. The summed E-state index contributed by atoms with van der Waals surface area (Å²) in [6.07, 6.45) is 15.8. The van der Waals surface area contributed by atoms with Crippen LogP contribution in [0, 0.1) is 31.6 Å². The highest BCUT2D eigenvalue weighted by Crippen LogP contribution is 2.47. The lowest BCUT2D eigenvalue weighted by atomic mass is 9.74. The number of phenolic OH excluding ortho intramolecular Hbond substituents is 2. The summed E-state index contributed by atoms with van der Waals surface area (Å²) < 4.78 is 18.5. The molecule has 8 heteroatoms. The number of allylic oxidation sites excluding steroid dienone is 1. The van der Waals surface area contributed by atoms with E-state index in [1.165, 1.54) is 43.2 Å². The van der Waals surface area contributed by atoms with Crippen LogP contribution in [0.5, 0.6) is 28.7 Å². The van der Waals surface area contributed by atoms with Gasteiger partial charge in [-0.05, 0) is 118 Å². The third-order valence-corrected chi connectivity index (χ3v) is 13.2. The summed E-state index contributed by atoms with van der Waals surface area (Å²) in [5.74, 6) is 5.23. The highest BCUT2D eigenvalue weighted by Gasteiger charge is 2.31. The Bertz CT molecular complexity index is 1980. The summed E-state index contributed by atoms with van der Waals surface area (Å²) in [5.41, 5.74) is 6.66. The number of hydrogen-bond donors (Lipinski definition) is 2. The van der Waals surface area contributed by atoms with Crippen LogP contribution in [0.3, 0.4) is 0 Å². The molecular formula is C53H75N3O5. The quantitative estimate of drug-likeness (QED) is 0.0719. The van der Waals surface area contributed by atoms with Gasteiger partial charge in [-0.3, -0.25) is 0 Å². The van der Waals surface area contributed by atoms with E-state index in [0.29, 0.717) is 88.1 Å². The van der Waals surface area contributed by atoms with Crippen molar-refractivity contribution in [1.29, 1.82) is 0 Å². The number of rotatable bonds is 24. The van der Waals surface area contributed by atoms with Crippen molar-refractivity contribution in [3.8, 4) is 51.5 Å². The summed E-state index contributed by atoms with van der Waals surface area (Å²) in [7, 11) is 1.70. The summed E-state index contributed by atoms with van der Waals surface area (Å²) >= 11 is 0. The fourth-order valence-corrected chi connectivity index (χ4v) is 8.93. The maximum atomic E-state index is 11.9. The second-order valence-electron chi connectivity index (χ2n) is 17.6. The van der Waals surface area contributed by atoms with E-state index in [-0.39, 0.29) is 11.5 Å². The number of aromatic nitrogens is 3. The molecule has 8 nitrogen and oxygen atoms in total. The van der Waals surface area contributed by atoms with E-state index in [2.05, 4.69) is 66.7 Å². The fourth-order valence-electron chi connectivity index (χ4n) is 8.93. The molecule has 5 rings (SSSR count). The average molecular weight is 834 g/mol. The van der Waals surface area contributed by atoms with Gasteiger partial charge in [-0.25, -0.2) is 15.0 Å². The molecule has 0 aliphatic heterocycles. The largest absolute Gasteiger partial charge is 0.507 e. The lowest BCUT2D eigenvalue weighted by molar-refractivity contribution is 0.231. The lowest BCUT2D eigenvalue weighted by Crippen LogP contribution is -2.16. The maximum Gasteiger partial charge on any atom is 0.167 e. The Morgan fingerprint density at radius 1 is 0.607 bits per heavy atom. The van der Waals surface area contributed by atoms with Crippen molar-refractivity contribution in [2.24, 2.45) is 17.8 Å². The second kappa shape index (κ2) is 23.0. The predicted octanol–water partition coefficient (Wildman–Crippen LogP) is 14.3. The Balaban J connectivity index is 1.64. The number of benzene rings is 3. The van der Waals surface area contributed by atoms with Crippen LogP contribution in [0.1, 0.15) is 172 Å². The van der Waals surface area contributed by atoms with Gasteiger partial charge in [-0.15, -0.1) is 0 Å². The Hall–Kier alpha value is -4.59. The molecule has 0 radical (unpaired) electrons. The van der Waals surface area contributed by atoms with Crippen LogP contribution < -0.4 is 14.2 Å². The molecule has 4 unspecified atom stereocenters. The first-order valence-electron chi connectivity index (χ1n) is 23.6. The maximum absolute atomic E-state index is 11.9. The van der Waals surface area contributed by atoms with Gasteiger partial charge in [0.1, 0.15) is 28.7 Å². The molecule has 0 saturated heterocycles. The van der Waals surface area contributed by atoms with E-state index < -0.39 is 0 Å². The van der Waals surface area contributed by atoms with Crippen LogP contribution >= 0.6 is 0 Å². The zero-order valence-electron chi connectivity index (χ0n) is 39.1. The third kappa shape index (κ3) is 11.7. The molecule has 0 fully saturated rings. The van der Waals surface area contributed by atoms with Crippen molar-refractivity contribution in [2.45, 2.75) is 158 Å². The highest BCUT2D eigenvalue weighted by molar-refractivity contribution is 5.85. The van der Waals surface area contributed by atoms with E-state index in [0.717, 1.165) is 74.7 Å². The van der Waals surface area contributed by atoms with Crippen LogP contribution in [0.2, 0.25) is 0 Å². The number of unbranched alkanes of at least 4 members (excludes halogenated alkanes) is 3. The van der Waals surface area contributed by atoms with Crippen molar-refractivity contribution in [3.63, 3.8) is 0 Å². The van der Waals surface area contributed by atoms with Gasteiger partial charge in [0, 0.05) is 16.7 Å². The van der Waals surface area contributed by atoms with Crippen LogP contribution in [-0.4, -0.2) is 45.5 Å². The smallest absolute Gasteiger partial charge is 0.167 e. The molecule has 1 aromatic heterocycles. The van der Waals surface area contributed by atoms with Gasteiger partial charge in [0.05, 0.1) is 31.5 Å². The molecule has 0 bridgehead atoms. The van der Waals surface area contributed by atoms with Gasteiger partial charge in [0.15, 0.2) is 17.5 Å². The zero-order chi connectivity index (χ0) is 44.1. The first-order chi connectivity index (χ1) is 29.5. The molecule has 1 aliphatic rings. The number of methoxy groups -OCH3 is 1. The monoisotopic (exact) mass is 834 g/mol. The number of phenols is 2. The average Bonchev–Trinajstić information content (AvgIpc) is 3.27. The van der Waals surface area contributed by atoms with Crippen molar-refractivity contribution in [3.05, 3.63) is 76.1 Å². The van der Waals surface area contributed by atoms with Crippen molar-refractivity contribution < 1.29 is 24.4 Å². The summed E-state index contributed by atoms with van der Waals surface area (Å²) in [4.78, 5) is 15.4. The topological polar surface area (TPSA) is 107 Å². The van der Waals surface area contributed by atoms with E-state index in [9.17, 15) is 10.2 Å². The first-order valence-corrected chi connectivity index (χ1v) is 23.6. The summed E-state index contributed by atoms with van der Waals surface area (Å²) in [6, 6.07) is 13.9. The van der Waals surface area contributed by atoms with Gasteiger partial charge < -0.3 is 24.4 Å². The molecule has 4 aromatic rings. The lowest BCUT2D eigenvalue weighted by Gasteiger charge is -2.31. The van der Waals surface area contributed by atoms with E-state index in [1.54, 1.807) is 7.11 Å². The summed E-state index contributed by atoms with van der Waals surface area (Å²) in [5, 5.41) is 23.8. The number of nitrogens with zero attached hydrogens (tertiary/aromatic N) is 3. The van der Waals surface area contributed by atoms with Crippen LogP contribution in [0.15, 0.2) is 48.0 Å². The van der Waals surface area contributed by atoms with Crippen molar-refractivity contribution >= 4 is 5.57 Å². The molecule has 2 N–H and O–H groups in total. The number of ether oxygens (including phenoxy) is 3. The molecule has 0 saturated carbocycles. The minimum atomic E-state index is 0.0640. The van der Waals surface area contributed by atoms with Gasteiger partial charge in [-0.2, -0.15) is 0 Å². The number of fused-ring (bicyclic) bond motifs is 1. The zero-order valence-corrected chi connectivity index (χ0v) is 39.1. The van der Waals surface area contributed by atoms with E-state index >= 15 is 0 Å². The van der Waals surface area contributed by atoms with Crippen molar-refractivity contribution in [2.75, 3.05) is 20.3 Å². The van der Waals surface area contributed by atoms with Gasteiger partial charge in [0.2, 0.25) is 0 Å². The van der Waals surface area contributed by atoms with Gasteiger partial charge in [-0.1, -0.05) is 117 Å². The van der Waals surface area contributed by atoms with E-state index in [1.807, 2.05) is 38.1 Å². The molecule has 3 aromatic carbocycles. The predicted molar refractivity (Wildman–Crippen MR) is 251 cm³/mol. The third-order valence-electron chi connectivity index (χ3n) is 13.2. The molecule has 0 amide bonds. The van der Waals surface area contributed by atoms with E-state index in [4.69, 9.17) is 29.2 Å². The Morgan fingerprint density at radius 2 is 1.08 bits per heavy atom. The highest BCUT2D eigenvalue weighted by atomic mass is 16.5. The Morgan fingerprint density at radius 3 is 1.54 bits per heavy atom. The number of aromatic hydroxyl groups is 2. The van der Waals surface area contributed by atoms with Crippen LogP contribution in [0.4, 0.5) is 0 Å². The molecule has 4 atom stereocenters. The van der Waals surface area contributed by atoms with Gasteiger partial charge in [0.25, 0.3) is 0 Å². The molecule has 0 spiro atoms. The molecule has 1 aliphatic carbocycles. The van der Waals surface area contributed by atoms with Crippen molar-refractivity contribution in [1.82, 2.24) is 15.0 Å². The Labute approximate surface area is 367 Å². The molecular weight excluding hydrogens is 759 g/mol. The normalized spacial score (nSPS) is 15.3. The number of hydrogen-bond acceptors (Lipinski definition) is 8. The van der Waals surface area contributed by atoms with Crippen LogP contribution in [0.25, 0.3) is 28.3 Å². The Kier molecular flexibility index (Phi) is 17.9. The second-order valence-corrected chi connectivity index (χ2v) is 17.6. The van der Waals surface area contributed by atoms with Crippen LogP contribution in [-0.2, 0) is 0 Å². The summed E-state index contributed by atoms with van der Waals surface area (Å²) in [6.45, 7) is 20.6. The fraction of sp³-hybridized carbons (Fsp3) is 0.566.